The van der Waals surface area contributed by atoms with Gasteiger partial charge < -0.3 is 10.1 Å². The minimum atomic E-state index is -0.413. The third-order valence-electron chi connectivity index (χ3n) is 3.12. The smallest absolute Gasteiger partial charge is 0.311 e. The molecule has 1 N–H and O–H groups in total. The number of nitrogens with zero attached hydrogens (tertiary/aromatic N) is 1. The van der Waals surface area contributed by atoms with Gasteiger partial charge in [0.1, 0.15) is 6.61 Å². The van der Waals surface area contributed by atoms with Crippen LogP contribution in [0.3, 0.4) is 0 Å². The predicted molar refractivity (Wildman–Crippen MR) is 81.4 cm³/mol. The number of rotatable bonds is 6. The lowest BCUT2D eigenvalue weighted by atomic mass is 10.1. The summed E-state index contributed by atoms with van der Waals surface area (Å²) in [5.41, 5.74) is 3.00. The number of hydrogen-bond acceptors (Lipinski definition) is 4. The minimum Gasteiger partial charge on any atom is -0.482 e. The second-order valence-electron chi connectivity index (χ2n) is 4.86. The van der Waals surface area contributed by atoms with Crippen molar-refractivity contribution >= 4 is 5.69 Å². The Labute approximate surface area is 123 Å². The zero-order valence-corrected chi connectivity index (χ0v) is 12.1. The Morgan fingerprint density at radius 3 is 2.43 bits per heavy atom. The number of nitro groups is 1. The molecule has 0 heterocycles. The van der Waals surface area contributed by atoms with Crippen molar-refractivity contribution in [3.05, 3.63) is 69.3 Å². The Hall–Kier alpha value is -2.40. The van der Waals surface area contributed by atoms with Crippen LogP contribution in [0.4, 0.5) is 5.69 Å². The molecule has 0 aliphatic heterocycles. The summed E-state index contributed by atoms with van der Waals surface area (Å²) < 4.78 is 5.60. The number of aryl methyl sites for hydroxylation is 1. The van der Waals surface area contributed by atoms with Gasteiger partial charge in [0.2, 0.25) is 0 Å². The first-order valence-electron chi connectivity index (χ1n) is 6.70. The standard InChI is InChI=1S/C16H18N2O3/c1-12-3-5-13(6-4-12)11-21-16-8-7-14(10-17-2)9-15(16)18(19)20/h3-9,17H,10-11H2,1-2H3. The van der Waals surface area contributed by atoms with Gasteiger partial charge in [-0.2, -0.15) is 0 Å². The lowest BCUT2D eigenvalue weighted by Crippen LogP contribution is -2.06. The first-order chi connectivity index (χ1) is 10.1. The van der Waals surface area contributed by atoms with Crippen LogP contribution in [0.1, 0.15) is 16.7 Å². The van der Waals surface area contributed by atoms with Crippen molar-refractivity contribution in [2.24, 2.45) is 0 Å². The lowest BCUT2D eigenvalue weighted by molar-refractivity contribution is -0.386. The van der Waals surface area contributed by atoms with E-state index >= 15 is 0 Å². The molecule has 0 bridgehead atoms. The van der Waals surface area contributed by atoms with Crippen LogP contribution in [-0.4, -0.2) is 12.0 Å². The van der Waals surface area contributed by atoms with E-state index in [9.17, 15) is 10.1 Å². The first-order valence-corrected chi connectivity index (χ1v) is 6.70. The van der Waals surface area contributed by atoms with E-state index in [2.05, 4.69) is 5.32 Å². The molecular weight excluding hydrogens is 268 g/mol. The molecule has 0 aliphatic rings. The largest absolute Gasteiger partial charge is 0.482 e. The van der Waals surface area contributed by atoms with Gasteiger partial charge in [0, 0.05) is 12.6 Å². The van der Waals surface area contributed by atoms with Crippen LogP contribution in [0.15, 0.2) is 42.5 Å². The highest BCUT2D eigenvalue weighted by Crippen LogP contribution is 2.28. The number of nitrogens with one attached hydrogen (secondary N) is 1. The maximum Gasteiger partial charge on any atom is 0.311 e. The van der Waals surface area contributed by atoms with Crippen molar-refractivity contribution in [1.82, 2.24) is 5.32 Å². The van der Waals surface area contributed by atoms with Crippen LogP contribution < -0.4 is 10.1 Å². The topological polar surface area (TPSA) is 64.4 Å². The van der Waals surface area contributed by atoms with Gasteiger partial charge in [0.15, 0.2) is 5.75 Å². The summed E-state index contributed by atoms with van der Waals surface area (Å²) in [7, 11) is 1.80. The van der Waals surface area contributed by atoms with E-state index in [-0.39, 0.29) is 5.69 Å². The maximum absolute atomic E-state index is 11.1. The van der Waals surface area contributed by atoms with Gasteiger partial charge in [-0.05, 0) is 31.2 Å². The molecule has 0 atom stereocenters. The summed E-state index contributed by atoms with van der Waals surface area (Å²) in [6, 6.07) is 12.9. The Morgan fingerprint density at radius 2 is 1.81 bits per heavy atom. The molecule has 0 saturated carbocycles. The quantitative estimate of drug-likeness (QED) is 0.654. The van der Waals surface area contributed by atoms with Crippen LogP contribution in [-0.2, 0) is 13.2 Å². The number of nitro benzene ring substituents is 1. The Bertz CT molecular complexity index is 624. The summed E-state index contributed by atoms with van der Waals surface area (Å²) in [5, 5.41) is 14.1. The third-order valence-corrected chi connectivity index (χ3v) is 3.12. The monoisotopic (exact) mass is 286 g/mol. The van der Waals surface area contributed by atoms with E-state index in [0.717, 1.165) is 11.1 Å². The molecule has 5 heteroatoms. The van der Waals surface area contributed by atoms with Gasteiger partial charge in [-0.3, -0.25) is 10.1 Å². The molecule has 2 rings (SSSR count). The molecule has 5 nitrogen and oxygen atoms in total. The second kappa shape index (κ2) is 6.85. The number of hydrogen-bond donors (Lipinski definition) is 1. The molecular formula is C16H18N2O3. The summed E-state index contributed by atoms with van der Waals surface area (Å²) in [6.07, 6.45) is 0. The van der Waals surface area contributed by atoms with Crippen molar-refractivity contribution < 1.29 is 9.66 Å². The van der Waals surface area contributed by atoms with E-state index in [0.29, 0.717) is 18.9 Å². The van der Waals surface area contributed by atoms with Crippen molar-refractivity contribution in [1.29, 1.82) is 0 Å². The van der Waals surface area contributed by atoms with Crippen LogP contribution in [0.5, 0.6) is 5.75 Å². The normalized spacial score (nSPS) is 10.4. The van der Waals surface area contributed by atoms with E-state index in [1.165, 1.54) is 5.56 Å². The average molecular weight is 286 g/mol. The lowest BCUT2D eigenvalue weighted by Gasteiger charge is -2.08. The zero-order valence-electron chi connectivity index (χ0n) is 12.1. The van der Waals surface area contributed by atoms with Gasteiger partial charge in [-0.1, -0.05) is 35.9 Å². The molecule has 0 saturated heterocycles. The molecule has 0 aliphatic carbocycles. The van der Waals surface area contributed by atoms with Gasteiger partial charge in [-0.15, -0.1) is 0 Å². The zero-order chi connectivity index (χ0) is 15.2. The third kappa shape index (κ3) is 4.03. The highest BCUT2D eigenvalue weighted by molar-refractivity contribution is 5.48. The molecule has 0 aromatic heterocycles. The highest BCUT2D eigenvalue weighted by atomic mass is 16.6. The molecule has 0 amide bonds. The van der Waals surface area contributed by atoms with Crippen molar-refractivity contribution in [3.8, 4) is 5.75 Å². The number of benzene rings is 2. The summed E-state index contributed by atoms with van der Waals surface area (Å²) >= 11 is 0. The fourth-order valence-corrected chi connectivity index (χ4v) is 1.99. The molecule has 0 unspecified atom stereocenters. The Morgan fingerprint density at radius 1 is 1.14 bits per heavy atom. The van der Waals surface area contributed by atoms with Crippen molar-refractivity contribution in [2.75, 3.05) is 7.05 Å². The van der Waals surface area contributed by atoms with Crippen LogP contribution >= 0.6 is 0 Å². The van der Waals surface area contributed by atoms with Gasteiger partial charge >= 0.3 is 5.69 Å². The average Bonchev–Trinajstić information content (AvgIpc) is 2.47. The van der Waals surface area contributed by atoms with Gasteiger partial charge in [0.25, 0.3) is 0 Å². The molecule has 0 spiro atoms. The van der Waals surface area contributed by atoms with Crippen molar-refractivity contribution in [3.63, 3.8) is 0 Å². The van der Waals surface area contributed by atoms with E-state index < -0.39 is 4.92 Å². The second-order valence-corrected chi connectivity index (χ2v) is 4.86. The van der Waals surface area contributed by atoms with E-state index in [1.807, 2.05) is 37.3 Å². The van der Waals surface area contributed by atoms with Crippen LogP contribution in [0, 0.1) is 17.0 Å². The summed E-state index contributed by atoms with van der Waals surface area (Å²) in [4.78, 5) is 10.7. The Balaban J connectivity index is 2.15. The first kappa shape index (κ1) is 15.0. The van der Waals surface area contributed by atoms with Crippen LogP contribution in [0.25, 0.3) is 0 Å². The predicted octanol–water partition coefficient (Wildman–Crippen LogP) is 3.20. The molecule has 2 aromatic rings. The summed E-state index contributed by atoms with van der Waals surface area (Å²) in [5.74, 6) is 0.292. The molecule has 110 valence electrons. The van der Waals surface area contributed by atoms with Crippen LogP contribution in [0.2, 0.25) is 0 Å². The highest BCUT2D eigenvalue weighted by Gasteiger charge is 2.16. The maximum atomic E-state index is 11.1. The SMILES string of the molecule is CNCc1ccc(OCc2ccc(C)cc2)c([N+](=O)[O-])c1. The van der Waals surface area contributed by atoms with E-state index in [4.69, 9.17) is 4.74 Å². The number of ether oxygens (including phenoxy) is 1. The van der Waals surface area contributed by atoms with E-state index in [1.54, 1.807) is 19.2 Å². The Kier molecular flexibility index (Phi) is 4.90. The summed E-state index contributed by atoms with van der Waals surface area (Å²) in [6.45, 7) is 2.90. The fourth-order valence-electron chi connectivity index (χ4n) is 1.99. The molecule has 0 fully saturated rings. The molecule has 2 aromatic carbocycles. The fraction of sp³-hybridized carbons (Fsp3) is 0.250. The van der Waals surface area contributed by atoms with Gasteiger partial charge in [-0.25, -0.2) is 0 Å². The molecule has 0 radical (unpaired) electrons. The minimum absolute atomic E-state index is 0.00476. The molecule has 21 heavy (non-hydrogen) atoms. The van der Waals surface area contributed by atoms with Gasteiger partial charge in [0.05, 0.1) is 4.92 Å². The van der Waals surface area contributed by atoms with Crippen molar-refractivity contribution in [2.45, 2.75) is 20.1 Å².